The number of aliphatic imine (C=N–C) groups is 1. The Bertz CT molecular complexity index is 323. The minimum atomic E-state index is 0.538. The van der Waals surface area contributed by atoms with Crippen molar-refractivity contribution in [2.24, 2.45) is 16.6 Å². The summed E-state index contributed by atoms with van der Waals surface area (Å²) in [5.74, 6) is 1.40. The third-order valence-electron chi connectivity index (χ3n) is 3.24. The van der Waals surface area contributed by atoms with Gasteiger partial charge in [-0.2, -0.15) is 0 Å². The van der Waals surface area contributed by atoms with Crippen molar-refractivity contribution in [2.75, 3.05) is 6.54 Å². The van der Waals surface area contributed by atoms with E-state index in [0.29, 0.717) is 5.92 Å². The maximum Gasteiger partial charge on any atom is 0.0969 e. The molecule has 1 aromatic heterocycles. The second-order valence-corrected chi connectivity index (χ2v) is 4.44. The normalized spacial score (nSPS) is 18.9. The molecule has 2 rings (SSSR count). The molecule has 1 saturated carbocycles. The van der Waals surface area contributed by atoms with Crippen molar-refractivity contribution >= 4 is 5.84 Å². The first-order valence-electron chi connectivity index (χ1n) is 6.12. The van der Waals surface area contributed by atoms with E-state index >= 15 is 0 Å². The van der Waals surface area contributed by atoms with Gasteiger partial charge in [-0.05, 0) is 12.8 Å². The summed E-state index contributed by atoms with van der Waals surface area (Å²) in [6.07, 6.45) is 12.0. The van der Waals surface area contributed by atoms with Crippen LogP contribution >= 0.6 is 0 Å². The van der Waals surface area contributed by atoms with E-state index in [1.54, 1.807) is 6.20 Å². The molecule has 0 saturated heterocycles. The van der Waals surface area contributed by atoms with Crippen molar-refractivity contribution in [2.45, 2.75) is 38.6 Å². The van der Waals surface area contributed by atoms with E-state index in [4.69, 9.17) is 5.73 Å². The van der Waals surface area contributed by atoms with Crippen molar-refractivity contribution in [1.82, 2.24) is 9.55 Å². The van der Waals surface area contributed by atoms with Crippen LogP contribution in [0.4, 0.5) is 0 Å². The first-order chi connectivity index (χ1) is 7.86. The van der Waals surface area contributed by atoms with E-state index in [9.17, 15) is 0 Å². The molecule has 1 aromatic rings. The molecule has 0 unspecified atom stereocenters. The predicted molar refractivity (Wildman–Crippen MR) is 65.3 cm³/mol. The first-order valence-corrected chi connectivity index (χ1v) is 6.12. The summed E-state index contributed by atoms with van der Waals surface area (Å²) in [7, 11) is 0. The minimum absolute atomic E-state index is 0.538. The fraction of sp³-hybridized carbons (Fsp3) is 0.667. The molecular formula is C12H20N4. The van der Waals surface area contributed by atoms with E-state index in [1.807, 2.05) is 17.1 Å². The minimum Gasteiger partial charge on any atom is -0.387 e. The average Bonchev–Trinajstić information content (AvgIpc) is 2.83. The summed E-state index contributed by atoms with van der Waals surface area (Å²) in [6.45, 7) is 1.63. The lowest BCUT2D eigenvalue weighted by Gasteiger charge is -2.20. The summed E-state index contributed by atoms with van der Waals surface area (Å²) in [4.78, 5) is 8.46. The van der Waals surface area contributed by atoms with Crippen LogP contribution in [0.25, 0.3) is 0 Å². The molecule has 88 valence electrons. The molecular weight excluding hydrogens is 200 g/mol. The Labute approximate surface area is 96.6 Å². The lowest BCUT2D eigenvalue weighted by molar-refractivity contribution is 0.436. The maximum atomic E-state index is 6.01. The molecule has 4 heteroatoms. The second kappa shape index (κ2) is 5.68. The molecule has 0 aromatic carbocycles. The molecule has 1 aliphatic carbocycles. The fourth-order valence-corrected chi connectivity index (χ4v) is 2.24. The van der Waals surface area contributed by atoms with Crippen LogP contribution in [0.2, 0.25) is 0 Å². The van der Waals surface area contributed by atoms with Gasteiger partial charge in [0.2, 0.25) is 0 Å². The number of aromatic nitrogens is 2. The Hall–Kier alpha value is -1.32. The zero-order chi connectivity index (χ0) is 11.2. The van der Waals surface area contributed by atoms with Crippen LogP contribution in [0, 0.1) is 5.92 Å². The molecule has 0 radical (unpaired) electrons. The van der Waals surface area contributed by atoms with Gasteiger partial charge in [-0.3, -0.25) is 4.99 Å². The number of rotatable bonds is 4. The third-order valence-corrected chi connectivity index (χ3v) is 3.24. The van der Waals surface area contributed by atoms with Crippen LogP contribution in [0.3, 0.4) is 0 Å². The van der Waals surface area contributed by atoms with Crippen LogP contribution in [-0.2, 0) is 6.54 Å². The zero-order valence-electron chi connectivity index (χ0n) is 9.68. The molecule has 1 heterocycles. The summed E-state index contributed by atoms with van der Waals surface area (Å²) < 4.78 is 2.03. The molecule has 0 bridgehead atoms. The monoisotopic (exact) mass is 220 g/mol. The highest BCUT2D eigenvalue weighted by atomic mass is 15.0. The van der Waals surface area contributed by atoms with Crippen LogP contribution in [0.5, 0.6) is 0 Å². The largest absolute Gasteiger partial charge is 0.387 e. The van der Waals surface area contributed by atoms with Crippen LogP contribution in [0.15, 0.2) is 23.7 Å². The summed E-state index contributed by atoms with van der Waals surface area (Å²) in [5, 5.41) is 0. The van der Waals surface area contributed by atoms with E-state index in [1.165, 1.54) is 32.1 Å². The molecule has 0 aliphatic heterocycles. The van der Waals surface area contributed by atoms with E-state index in [2.05, 4.69) is 9.98 Å². The van der Waals surface area contributed by atoms with Crippen LogP contribution < -0.4 is 5.73 Å². The zero-order valence-corrected chi connectivity index (χ0v) is 9.68. The average molecular weight is 220 g/mol. The van der Waals surface area contributed by atoms with Gasteiger partial charge in [-0.1, -0.05) is 19.3 Å². The van der Waals surface area contributed by atoms with Crippen molar-refractivity contribution in [3.8, 4) is 0 Å². The van der Waals surface area contributed by atoms with Crippen molar-refractivity contribution < 1.29 is 0 Å². The number of nitrogens with zero attached hydrogens (tertiary/aromatic N) is 3. The summed E-state index contributed by atoms with van der Waals surface area (Å²) in [5.41, 5.74) is 6.01. The van der Waals surface area contributed by atoms with E-state index in [-0.39, 0.29) is 0 Å². The lowest BCUT2D eigenvalue weighted by atomic mass is 9.88. The number of imidazole rings is 1. The third kappa shape index (κ3) is 3.08. The standard InChI is InChI=1S/C12H20N4/c13-12(11-4-2-1-3-5-11)15-7-9-16-8-6-14-10-16/h6,8,10-11H,1-5,7,9H2,(H2,13,15). The highest BCUT2D eigenvalue weighted by molar-refractivity contribution is 5.82. The second-order valence-electron chi connectivity index (χ2n) is 4.44. The van der Waals surface area contributed by atoms with Gasteiger partial charge in [-0.25, -0.2) is 4.98 Å². The van der Waals surface area contributed by atoms with Gasteiger partial charge in [0.05, 0.1) is 18.7 Å². The number of amidine groups is 1. The van der Waals surface area contributed by atoms with E-state index < -0.39 is 0 Å². The number of hydrogen-bond donors (Lipinski definition) is 1. The first kappa shape index (κ1) is 11.2. The Morgan fingerprint density at radius 1 is 1.38 bits per heavy atom. The smallest absolute Gasteiger partial charge is 0.0969 e. The van der Waals surface area contributed by atoms with Crippen LogP contribution in [0.1, 0.15) is 32.1 Å². The quantitative estimate of drug-likeness (QED) is 0.621. The highest BCUT2D eigenvalue weighted by Gasteiger charge is 2.16. The van der Waals surface area contributed by atoms with Gasteiger partial charge in [-0.15, -0.1) is 0 Å². The van der Waals surface area contributed by atoms with E-state index in [0.717, 1.165) is 18.9 Å². The molecule has 16 heavy (non-hydrogen) atoms. The topological polar surface area (TPSA) is 56.2 Å². The van der Waals surface area contributed by atoms with Gasteiger partial charge in [0, 0.05) is 24.9 Å². The lowest BCUT2D eigenvalue weighted by Crippen LogP contribution is -2.26. The van der Waals surface area contributed by atoms with Gasteiger partial charge in [0.15, 0.2) is 0 Å². The molecule has 4 nitrogen and oxygen atoms in total. The Morgan fingerprint density at radius 3 is 2.88 bits per heavy atom. The molecule has 1 aliphatic rings. The van der Waals surface area contributed by atoms with Gasteiger partial charge in [0.25, 0.3) is 0 Å². The van der Waals surface area contributed by atoms with Gasteiger partial charge in [0.1, 0.15) is 0 Å². The Morgan fingerprint density at radius 2 is 2.19 bits per heavy atom. The molecule has 0 atom stereocenters. The molecule has 1 fully saturated rings. The predicted octanol–water partition coefficient (Wildman–Crippen LogP) is 1.82. The van der Waals surface area contributed by atoms with Gasteiger partial charge < -0.3 is 10.3 Å². The van der Waals surface area contributed by atoms with Crippen molar-refractivity contribution in [1.29, 1.82) is 0 Å². The molecule has 0 amide bonds. The Kier molecular flexibility index (Phi) is 3.97. The summed E-state index contributed by atoms with van der Waals surface area (Å²) >= 11 is 0. The van der Waals surface area contributed by atoms with Crippen molar-refractivity contribution in [3.05, 3.63) is 18.7 Å². The maximum absolute atomic E-state index is 6.01. The number of nitrogens with two attached hydrogens (primary N) is 1. The Balaban J connectivity index is 1.77. The highest BCUT2D eigenvalue weighted by Crippen LogP contribution is 2.23. The van der Waals surface area contributed by atoms with Gasteiger partial charge >= 0.3 is 0 Å². The van der Waals surface area contributed by atoms with Crippen molar-refractivity contribution in [3.63, 3.8) is 0 Å². The molecule has 2 N–H and O–H groups in total. The van der Waals surface area contributed by atoms with Crippen LogP contribution in [-0.4, -0.2) is 21.9 Å². The SMILES string of the molecule is NC(=NCCn1ccnc1)C1CCCCC1. The fourth-order valence-electron chi connectivity index (χ4n) is 2.24. The summed E-state index contributed by atoms with van der Waals surface area (Å²) in [6, 6.07) is 0. The molecule has 0 spiro atoms. The number of hydrogen-bond acceptors (Lipinski definition) is 2.